The average Bonchev–Trinajstić information content (AvgIpc) is 3.07. The number of nitrogen functional groups attached to an aromatic ring is 1. The molecule has 0 aromatic carbocycles. The zero-order valence-corrected chi connectivity index (χ0v) is 12.2. The summed E-state index contributed by atoms with van der Waals surface area (Å²) in [4.78, 5) is 10.9. The highest BCUT2D eigenvalue weighted by Crippen LogP contribution is 2.28. The molecule has 7 nitrogen and oxygen atoms in total. The van der Waals surface area contributed by atoms with E-state index in [1.165, 1.54) is 0 Å². The van der Waals surface area contributed by atoms with E-state index in [4.69, 9.17) is 11.5 Å². The smallest absolute Gasteiger partial charge is 0.222 e. The maximum Gasteiger partial charge on any atom is 0.222 e. The van der Waals surface area contributed by atoms with Crippen LogP contribution in [0.2, 0.25) is 0 Å². The quantitative estimate of drug-likeness (QED) is 0.771. The lowest BCUT2D eigenvalue weighted by atomic mass is 10.1. The Morgan fingerprint density at radius 3 is 3.00 bits per heavy atom. The molecule has 1 aliphatic rings. The number of aromatic nitrogens is 4. The van der Waals surface area contributed by atoms with E-state index in [1.807, 2.05) is 13.0 Å². The van der Waals surface area contributed by atoms with Crippen LogP contribution >= 0.6 is 0 Å². The lowest BCUT2D eigenvalue weighted by molar-refractivity contribution is 0.546. The fourth-order valence-corrected chi connectivity index (χ4v) is 2.86. The van der Waals surface area contributed by atoms with Gasteiger partial charge in [-0.2, -0.15) is 10.1 Å². The van der Waals surface area contributed by atoms with Crippen LogP contribution < -0.4 is 16.4 Å². The molecule has 112 valence electrons. The lowest BCUT2D eigenvalue weighted by Crippen LogP contribution is -2.22. The van der Waals surface area contributed by atoms with Crippen LogP contribution in [0.25, 0.3) is 11.4 Å². The van der Waals surface area contributed by atoms with Crippen molar-refractivity contribution in [2.45, 2.75) is 19.8 Å². The summed E-state index contributed by atoms with van der Waals surface area (Å²) in [6, 6.07) is 1.97. The Morgan fingerprint density at radius 1 is 1.43 bits per heavy atom. The standard InChI is InChI=1S/C14H21N7/c1-9-7-17-20-13(9)11-6-12(19-14(16)18-11)21-5-3-10(8-21)2-4-15/h6-7,10H,2-5,8,15H2,1H3,(H,17,20)(H2,16,18,19). The van der Waals surface area contributed by atoms with Crippen molar-refractivity contribution in [3.05, 3.63) is 17.8 Å². The number of anilines is 2. The van der Waals surface area contributed by atoms with Crippen molar-refractivity contribution in [1.29, 1.82) is 0 Å². The summed E-state index contributed by atoms with van der Waals surface area (Å²) in [7, 11) is 0. The van der Waals surface area contributed by atoms with Crippen molar-refractivity contribution in [1.82, 2.24) is 20.2 Å². The van der Waals surface area contributed by atoms with Gasteiger partial charge in [-0.3, -0.25) is 5.10 Å². The van der Waals surface area contributed by atoms with Crippen LogP contribution in [-0.2, 0) is 0 Å². The first kappa shape index (κ1) is 13.8. The predicted octanol–water partition coefficient (Wildman–Crippen LogP) is 0.932. The number of hydrogen-bond donors (Lipinski definition) is 3. The largest absolute Gasteiger partial charge is 0.368 e. The average molecular weight is 287 g/mol. The number of H-pyrrole nitrogens is 1. The van der Waals surface area contributed by atoms with Crippen molar-refractivity contribution < 1.29 is 0 Å². The Balaban J connectivity index is 1.87. The van der Waals surface area contributed by atoms with Gasteiger partial charge in [-0.1, -0.05) is 0 Å². The minimum Gasteiger partial charge on any atom is -0.368 e. The van der Waals surface area contributed by atoms with Gasteiger partial charge in [-0.15, -0.1) is 0 Å². The SMILES string of the molecule is Cc1cn[nH]c1-c1cc(N2CCC(CCN)C2)nc(N)n1. The maximum absolute atomic E-state index is 5.87. The highest BCUT2D eigenvalue weighted by Gasteiger charge is 2.24. The molecular weight excluding hydrogens is 266 g/mol. The molecule has 1 fully saturated rings. The first-order valence-corrected chi connectivity index (χ1v) is 7.27. The molecule has 3 heterocycles. The van der Waals surface area contributed by atoms with E-state index < -0.39 is 0 Å². The molecule has 1 aliphatic heterocycles. The van der Waals surface area contributed by atoms with Gasteiger partial charge in [0.2, 0.25) is 5.95 Å². The Morgan fingerprint density at radius 2 is 2.29 bits per heavy atom. The Kier molecular flexibility index (Phi) is 3.74. The normalized spacial score (nSPS) is 18.4. The number of nitrogens with one attached hydrogen (secondary N) is 1. The number of nitrogens with two attached hydrogens (primary N) is 2. The molecule has 0 spiro atoms. The fraction of sp³-hybridized carbons (Fsp3) is 0.500. The summed E-state index contributed by atoms with van der Waals surface area (Å²) in [6.45, 7) is 4.70. The van der Waals surface area contributed by atoms with Crippen molar-refractivity contribution in [2.24, 2.45) is 11.7 Å². The second-order valence-corrected chi connectivity index (χ2v) is 5.58. The second kappa shape index (κ2) is 5.69. The third-order valence-corrected chi connectivity index (χ3v) is 4.00. The molecule has 3 rings (SSSR count). The van der Waals surface area contributed by atoms with Crippen molar-refractivity contribution in [3.63, 3.8) is 0 Å². The van der Waals surface area contributed by atoms with Gasteiger partial charge in [0.1, 0.15) is 5.82 Å². The molecule has 1 unspecified atom stereocenters. The van der Waals surface area contributed by atoms with Crippen LogP contribution in [0.4, 0.5) is 11.8 Å². The van der Waals surface area contributed by atoms with E-state index in [0.717, 1.165) is 55.2 Å². The fourth-order valence-electron chi connectivity index (χ4n) is 2.86. The Hall–Kier alpha value is -2.15. The van der Waals surface area contributed by atoms with Crippen LogP contribution in [0.1, 0.15) is 18.4 Å². The van der Waals surface area contributed by atoms with E-state index in [2.05, 4.69) is 25.1 Å². The summed E-state index contributed by atoms with van der Waals surface area (Å²) in [5, 5.41) is 7.00. The van der Waals surface area contributed by atoms with Crippen molar-refractivity contribution in [2.75, 3.05) is 30.3 Å². The molecule has 21 heavy (non-hydrogen) atoms. The number of nitrogens with zero attached hydrogens (tertiary/aromatic N) is 4. The maximum atomic E-state index is 5.87. The van der Waals surface area contributed by atoms with E-state index in [-0.39, 0.29) is 0 Å². The van der Waals surface area contributed by atoms with Gasteiger partial charge in [0, 0.05) is 19.2 Å². The first-order valence-electron chi connectivity index (χ1n) is 7.27. The number of aromatic amines is 1. The monoisotopic (exact) mass is 287 g/mol. The van der Waals surface area contributed by atoms with Crippen LogP contribution in [0.5, 0.6) is 0 Å². The van der Waals surface area contributed by atoms with Gasteiger partial charge in [0.15, 0.2) is 0 Å². The van der Waals surface area contributed by atoms with Crippen molar-refractivity contribution >= 4 is 11.8 Å². The Bertz CT molecular complexity index is 622. The third-order valence-electron chi connectivity index (χ3n) is 4.00. The van der Waals surface area contributed by atoms with Gasteiger partial charge < -0.3 is 16.4 Å². The lowest BCUT2D eigenvalue weighted by Gasteiger charge is -2.18. The number of rotatable bonds is 4. The van der Waals surface area contributed by atoms with Crippen LogP contribution in [0, 0.1) is 12.8 Å². The summed E-state index contributed by atoms with van der Waals surface area (Å²) in [5.41, 5.74) is 14.2. The molecule has 0 radical (unpaired) electrons. The Labute approximate surface area is 123 Å². The minimum absolute atomic E-state index is 0.291. The van der Waals surface area contributed by atoms with E-state index in [1.54, 1.807) is 6.20 Å². The molecule has 2 aromatic heterocycles. The van der Waals surface area contributed by atoms with Crippen LogP contribution in [0.15, 0.2) is 12.3 Å². The molecule has 5 N–H and O–H groups in total. The number of aryl methyl sites for hydroxylation is 1. The third kappa shape index (κ3) is 2.82. The zero-order chi connectivity index (χ0) is 14.8. The van der Waals surface area contributed by atoms with Crippen LogP contribution in [-0.4, -0.2) is 39.8 Å². The van der Waals surface area contributed by atoms with E-state index >= 15 is 0 Å². The summed E-state index contributed by atoms with van der Waals surface area (Å²) >= 11 is 0. The van der Waals surface area contributed by atoms with Crippen molar-refractivity contribution in [3.8, 4) is 11.4 Å². The van der Waals surface area contributed by atoms with Gasteiger partial charge in [-0.05, 0) is 37.8 Å². The second-order valence-electron chi connectivity index (χ2n) is 5.58. The molecule has 0 amide bonds. The minimum atomic E-state index is 0.291. The molecule has 7 heteroatoms. The molecule has 0 bridgehead atoms. The van der Waals surface area contributed by atoms with Crippen LogP contribution in [0.3, 0.4) is 0 Å². The molecule has 0 aliphatic carbocycles. The summed E-state index contributed by atoms with van der Waals surface area (Å²) in [5.74, 6) is 1.81. The van der Waals surface area contributed by atoms with E-state index in [0.29, 0.717) is 11.9 Å². The molecular formula is C14H21N7. The predicted molar refractivity (Wildman–Crippen MR) is 82.8 cm³/mol. The topological polar surface area (TPSA) is 110 Å². The molecule has 0 saturated carbocycles. The summed E-state index contributed by atoms with van der Waals surface area (Å²) in [6.07, 6.45) is 3.99. The first-order chi connectivity index (χ1) is 10.2. The highest BCUT2D eigenvalue weighted by atomic mass is 15.2. The zero-order valence-electron chi connectivity index (χ0n) is 12.2. The van der Waals surface area contributed by atoms with Gasteiger partial charge in [-0.25, -0.2) is 4.98 Å². The molecule has 1 saturated heterocycles. The van der Waals surface area contributed by atoms with E-state index in [9.17, 15) is 0 Å². The molecule has 1 atom stereocenters. The van der Waals surface area contributed by atoms with Gasteiger partial charge >= 0.3 is 0 Å². The summed E-state index contributed by atoms with van der Waals surface area (Å²) < 4.78 is 0. The van der Waals surface area contributed by atoms with Gasteiger partial charge in [0.25, 0.3) is 0 Å². The van der Waals surface area contributed by atoms with Gasteiger partial charge in [0.05, 0.1) is 17.6 Å². The highest BCUT2D eigenvalue weighted by molar-refractivity contribution is 5.63. The number of hydrogen-bond acceptors (Lipinski definition) is 6. The molecule has 2 aromatic rings.